The summed E-state index contributed by atoms with van der Waals surface area (Å²) in [6, 6.07) is 12.3. The Morgan fingerprint density at radius 3 is 2.52 bits per heavy atom. The molecule has 2 aromatic carbocycles. The first-order valence-corrected chi connectivity index (χ1v) is 7.60. The van der Waals surface area contributed by atoms with Crippen LogP contribution >= 0.6 is 11.6 Å². The zero-order valence-corrected chi connectivity index (χ0v) is 14.0. The summed E-state index contributed by atoms with van der Waals surface area (Å²) in [5, 5.41) is 3.28. The van der Waals surface area contributed by atoms with Crippen molar-refractivity contribution in [2.75, 3.05) is 5.32 Å². The summed E-state index contributed by atoms with van der Waals surface area (Å²) in [7, 11) is 0. The van der Waals surface area contributed by atoms with Crippen molar-refractivity contribution >= 4 is 29.2 Å². The van der Waals surface area contributed by atoms with E-state index < -0.39 is 18.0 Å². The molecule has 4 nitrogen and oxygen atoms in total. The Labute approximate surface area is 140 Å². The summed E-state index contributed by atoms with van der Waals surface area (Å²) >= 11 is 6.02. The standard InChI is InChI=1S/C18H18ClNO3/c1-11-6-4-7-14(10-11)18(22)23-13(3)17(21)20-16-9-5-8-15(19)12(16)2/h4-10,13H,1-3H3,(H,20,21)/t13-/m0/s1. The van der Waals surface area contributed by atoms with E-state index >= 15 is 0 Å². The number of rotatable bonds is 4. The molecule has 1 atom stereocenters. The van der Waals surface area contributed by atoms with Crippen LogP contribution in [0.4, 0.5) is 5.69 Å². The number of ether oxygens (including phenoxy) is 1. The first-order chi connectivity index (χ1) is 10.9. The molecule has 0 saturated heterocycles. The lowest BCUT2D eigenvalue weighted by Crippen LogP contribution is -2.30. The molecule has 0 aliphatic carbocycles. The molecular weight excluding hydrogens is 314 g/mol. The van der Waals surface area contributed by atoms with Crippen molar-refractivity contribution < 1.29 is 14.3 Å². The fourth-order valence-corrected chi connectivity index (χ4v) is 2.21. The highest BCUT2D eigenvalue weighted by atomic mass is 35.5. The van der Waals surface area contributed by atoms with Gasteiger partial charge in [-0.3, -0.25) is 4.79 Å². The van der Waals surface area contributed by atoms with Gasteiger partial charge in [-0.1, -0.05) is 35.4 Å². The van der Waals surface area contributed by atoms with E-state index in [1.165, 1.54) is 6.92 Å². The van der Waals surface area contributed by atoms with Crippen molar-refractivity contribution in [2.24, 2.45) is 0 Å². The van der Waals surface area contributed by atoms with Gasteiger partial charge in [-0.25, -0.2) is 4.79 Å². The number of amides is 1. The summed E-state index contributed by atoms with van der Waals surface area (Å²) < 4.78 is 5.21. The van der Waals surface area contributed by atoms with Gasteiger partial charge in [0.2, 0.25) is 0 Å². The largest absolute Gasteiger partial charge is 0.449 e. The van der Waals surface area contributed by atoms with Gasteiger partial charge in [-0.05, 0) is 50.6 Å². The van der Waals surface area contributed by atoms with Crippen LogP contribution in [-0.2, 0) is 9.53 Å². The molecule has 1 amide bonds. The molecule has 0 saturated carbocycles. The molecule has 0 bridgehead atoms. The molecule has 0 aliphatic heterocycles. The third-order valence-electron chi connectivity index (χ3n) is 3.43. The molecule has 0 fully saturated rings. The molecule has 2 rings (SSSR count). The Balaban J connectivity index is 2.02. The van der Waals surface area contributed by atoms with Gasteiger partial charge < -0.3 is 10.1 Å². The number of nitrogens with one attached hydrogen (secondary N) is 1. The van der Waals surface area contributed by atoms with Gasteiger partial charge in [-0.2, -0.15) is 0 Å². The van der Waals surface area contributed by atoms with E-state index in [1.807, 2.05) is 13.0 Å². The van der Waals surface area contributed by atoms with Crippen molar-refractivity contribution in [3.05, 3.63) is 64.2 Å². The fraction of sp³-hybridized carbons (Fsp3) is 0.222. The third-order valence-corrected chi connectivity index (χ3v) is 3.84. The predicted molar refractivity (Wildman–Crippen MR) is 90.9 cm³/mol. The Morgan fingerprint density at radius 2 is 1.83 bits per heavy atom. The number of hydrogen-bond donors (Lipinski definition) is 1. The smallest absolute Gasteiger partial charge is 0.338 e. The van der Waals surface area contributed by atoms with E-state index in [2.05, 4.69) is 5.32 Å². The van der Waals surface area contributed by atoms with E-state index in [-0.39, 0.29) is 0 Å². The second kappa shape index (κ2) is 7.29. The summed E-state index contributed by atoms with van der Waals surface area (Å²) in [6.45, 7) is 5.22. The number of esters is 1. The maximum Gasteiger partial charge on any atom is 0.338 e. The van der Waals surface area contributed by atoms with Gasteiger partial charge in [0.25, 0.3) is 5.91 Å². The number of carbonyl (C=O) groups is 2. The van der Waals surface area contributed by atoms with Gasteiger partial charge >= 0.3 is 5.97 Å². The first kappa shape index (κ1) is 17.0. The SMILES string of the molecule is Cc1cccc(C(=O)O[C@@H](C)C(=O)Nc2cccc(Cl)c2C)c1. The van der Waals surface area contributed by atoms with Crippen molar-refractivity contribution in [1.29, 1.82) is 0 Å². The molecule has 1 N–H and O–H groups in total. The quantitative estimate of drug-likeness (QED) is 0.857. The molecule has 120 valence electrons. The van der Waals surface area contributed by atoms with Gasteiger partial charge in [-0.15, -0.1) is 0 Å². The van der Waals surface area contributed by atoms with E-state index in [0.717, 1.165) is 11.1 Å². The molecule has 5 heteroatoms. The van der Waals surface area contributed by atoms with Crippen LogP contribution in [0.1, 0.15) is 28.4 Å². The lowest BCUT2D eigenvalue weighted by molar-refractivity contribution is -0.123. The Morgan fingerprint density at radius 1 is 1.13 bits per heavy atom. The highest BCUT2D eigenvalue weighted by Crippen LogP contribution is 2.23. The van der Waals surface area contributed by atoms with Crippen LogP contribution in [0.2, 0.25) is 5.02 Å². The van der Waals surface area contributed by atoms with E-state index in [1.54, 1.807) is 43.3 Å². The van der Waals surface area contributed by atoms with Crippen molar-refractivity contribution in [3.8, 4) is 0 Å². The van der Waals surface area contributed by atoms with Gasteiger partial charge in [0.15, 0.2) is 6.10 Å². The number of aryl methyl sites for hydroxylation is 1. The summed E-state index contributed by atoms with van der Waals surface area (Å²) in [5.41, 5.74) is 2.73. The second-order valence-corrected chi connectivity index (χ2v) is 5.73. The van der Waals surface area contributed by atoms with Crippen LogP contribution in [0.25, 0.3) is 0 Å². The Kier molecular flexibility index (Phi) is 5.40. The zero-order chi connectivity index (χ0) is 17.0. The van der Waals surface area contributed by atoms with Crippen LogP contribution in [0.15, 0.2) is 42.5 Å². The maximum absolute atomic E-state index is 12.2. The lowest BCUT2D eigenvalue weighted by atomic mass is 10.1. The van der Waals surface area contributed by atoms with Crippen LogP contribution < -0.4 is 5.32 Å². The highest BCUT2D eigenvalue weighted by Gasteiger charge is 2.19. The maximum atomic E-state index is 12.2. The normalized spacial score (nSPS) is 11.7. The fourth-order valence-electron chi connectivity index (χ4n) is 2.03. The molecule has 0 radical (unpaired) electrons. The summed E-state index contributed by atoms with van der Waals surface area (Å²) in [6.07, 6.45) is -0.915. The van der Waals surface area contributed by atoms with E-state index in [4.69, 9.17) is 16.3 Å². The second-order valence-electron chi connectivity index (χ2n) is 5.32. The number of hydrogen-bond acceptors (Lipinski definition) is 3. The Hall–Kier alpha value is -2.33. The number of benzene rings is 2. The molecule has 0 spiro atoms. The molecule has 2 aromatic rings. The Bertz CT molecular complexity index is 743. The lowest BCUT2D eigenvalue weighted by Gasteiger charge is -2.15. The molecule has 23 heavy (non-hydrogen) atoms. The molecular formula is C18H18ClNO3. The van der Waals surface area contributed by atoms with Crippen molar-refractivity contribution in [2.45, 2.75) is 26.9 Å². The van der Waals surface area contributed by atoms with Crippen molar-refractivity contribution in [3.63, 3.8) is 0 Å². The minimum atomic E-state index is -0.915. The number of carbonyl (C=O) groups excluding carboxylic acids is 2. The molecule has 0 aromatic heterocycles. The third kappa shape index (κ3) is 4.33. The first-order valence-electron chi connectivity index (χ1n) is 7.22. The van der Waals surface area contributed by atoms with Crippen molar-refractivity contribution in [1.82, 2.24) is 0 Å². The van der Waals surface area contributed by atoms with Gasteiger partial charge in [0.05, 0.1) is 5.56 Å². The minimum Gasteiger partial charge on any atom is -0.449 e. The predicted octanol–water partition coefficient (Wildman–Crippen LogP) is 4.14. The van der Waals surface area contributed by atoms with Gasteiger partial charge in [0, 0.05) is 10.7 Å². The average molecular weight is 332 g/mol. The molecule has 0 heterocycles. The van der Waals surface area contributed by atoms with E-state index in [0.29, 0.717) is 16.3 Å². The highest BCUT2D eigenvalue weighted by molar-refractivity contribution is 6.31. The number of halogens is 1. The summed E-state index contributed by atoms with van der Waals surface area (Å²) in [5.74, 6) is -0.935. The average Bonchev–Trinajstić information content (AvgIpc) is 2.51. The molecule has 0 unspecified atom stereocenters. The zero-order valence-electron chi connectivity index (χ0n) is 13.2. The van der Waals surface area contributed by atoms with Crippen LogP contribution in [0.5, 0.6) is 0 Å². The van der Waals surface area contributed by atoms with Gasteiger partial charge in [0.1, 0.15) is 0 Å². The number of anilines is 1. The minimum absolute atomic E-state index is 0.406. The topological polar surface area (TPSA) is 55.4 Å². The van der Waals surface area contributed by atoms with E-state index in [9.17, 15) is 9.59 Å². The summed E-state index contributed by atoms with van der Waals surface area (Å²) in [4.78, 5) is 24.2. The monoisotopic (exact) mass is 331 g/mol. The molecule has 0 aliphatic rings. The van der Waals surface area contributed by atoms with Crippen LogP contribution in [0, 0.1) is 13.8 Å². The van der Waals surface area contributed by atoms with Crippen LogP contribution in [-0.4, -0.2) is 18.0 Å². The van der Waals surface area contributed by atoms with Crippen LogP contribution in [0.3, 0.4) is 0 Å².